The van der Waals surface area contributed by atoms with Crippen LogP contribution in [0.15, 0.2) is 18.3 Å². The SMILES string of the molecule is CC(C)[C@H]1COC(=O)N1c1cc(C2CCN(S(C)(=O)=O)CC2)ccn1. The Labute approximate surface area is 149 Å². The topological polar surface area (TPSA) is 79.8 Å². The Balaban J connectivity index is 1.77. The molecule has 2 aliphatic heterocycles. The number of anilines is 1. The summed E-state index contributed by atoms with van der Waals surface area (Å²) in [6, 6.07) is 3.89. The summed E-state index contributed by atoms with van der Waals surface area (Å²) >= 11 is 0. The maximum Gasteiger partial charge on any atom is 0.415 e. The van der Waals surface area contributed by atoms with Crippen LogP contribution in [0.2, 0.25) is 0 Å². The lowest BCUT2D eigenvalue weighted by molar-refractivity contribution is 0.177. The number of carbonyl (C=O) groups is 1. The number of rotatable bonds is 4. The van der Waals surface area contributed by atoms with Gasteiger partial charge in [-0.1, -0.05) is 13.8 Å². The molecule has 7 nitrogen and oxygen atoms in total. The van der Waals surface area contributed by atoms with Gasteiger partial charge in [0.1, 0.15) is 12.4 Å². The summed E-state index contributed by atoms with van der Waals surface area (Å²) in [7, 11) is -3.13. The molecule has 0 aromatic carbocycles. The van der Waals surface area contributed by atoms with Crippen molar-refractivity contribution in [3.63, 3.8) is 0 Å². The van der Waals surface area contributed by atoms with Gasteiger partial charge in [0.05, 0.1) is 12.3 Å². The first-order valence-corrected chi connectivity index (χ1v) is 10.5. The molecule has 3 heterocycles. The van der Waals surface area contributed by atoms with Crippen molar-refractivity contribution >= 4 is 21.9 Å². The Morgan fingerprint density at radius 1 is 1.28 bits per heavy atom. The summed E-state index contributed by atoms with van der Waals surface area (Å²) in [6.07, 6.45) is 4.16. The van der Waals surface area contributed by atoms with E-state index in [1.165, 1.54) is 10.6 Å². The second kappa shape index (κ2) is 6.92. The van der Waals surface area contributed by atoms with Crippen LogP contribution in [-0.4, -0.2) is 55.8 Å². The van der Waals surface area contributed by atoms with Crippen molar-refractivity contribution in [3.8, 4) is 0 Å². The van der Waals surface area contributed by atoms with Crippen LogP contribution in [0.5, 0.6) is 0 Å². The molecule has 0 bridgehead atoms. The number of hydrogen-bond acceptors (Lipinski definition) is 5. The largest absolute Gasteiger partial charge is 0.447 e. The summed E-state index contributed by atoms with van der Waals surface area (Å²) in [6.45, 7) is 5.56. The molecule has 0 spiro atoms. The lowest BCUT2D eigenvalue weighted by Gasteiger charge is -2.31. The molecule has 1 aromatic heterocycles. The molecule has 25 heavy (non-hydrogen) atoms. The first kappa shape index (κ1) is 18.1. The fourth-order valence-electron chi connectivity index (χ4n) is 3.53. The van der Waals surface area contributed by atoms with E-state index in [0.29, 0.717) is 25.5 Å². The first-order chi connectivity index (χ1) is 11.8. The van der Waals surface area contributed by atoms with Gasteiger partial charge in [0.25, 0.3) is 0 Å². The maximum absolute atomic E-state index is 12.1. The summed E-state index contributed by atoms with van der Waals surface area (Å²) < 4.78 is 30.0. The minimum atomic E-state index is -3.13. The van der Waals surface area contributed by atoms with Gasteiger partial charge in [0, 0.05) is 19.3 Å². The summed E-state index contributed by atoms with van der Waals surface area (Å²) in [5, 5.41) is 0. The summed E-state index contributed by atoms with van der Waals surface area (Å²) in [5.74, 6) is 1.16. The van der Waals surface area contributed by atoms with Crippen molar-refractivity contribution in [2.24, 2.45) is 5.92 Å². The van der Waals surface area contributed by atoms with Gasteiger partial charge < -0.3 is 4.74 Å². The minimum absolute atomic E-state index is 0.0117. The molecule has 0 unspecified atom stereocenters. The van der Waals surface area contributed by atoms with Crippen LogP contribution in [0.3, 0.4) is 0 Å². The Hall–Kier alpha value is -1.67. The predicted octanol–water partition coefficient (Wildman–Crippen LogP) is 2.20. The molecule has 2 fully saturated rings. The Kier molecular flexibility index (Phi) is 5.02. The van der Waals surface area contributed by atoms with Crippen LogP contribution in [0, 0.1) is 5.92 Å². The average molecular weight is 367 g/mol. The summed E-state index contributed by atoms with van der Waals surface area (Å²) in [4.78, 5) is 18.1. The van der Waals surface area contributed by atoms with Gasteiger partial charge in [-0.25, -0.2) is 22.5 Å². The van der Waals surface area contributed by atoms with Crippen molar-refractivity contribution in [1.82, 2.24) is 9.29 Å². The van der Waals surface area contributed by atoms with Crippen LogP contribution >= 0.6 is 0 Å². The van der Waals surface area contributed by atoms with Crippen molar-refractivity contribution in [3.05, 3.63) is 23.9 Å². The maximum atomic E-state index is 12.1. The third kappa shape index (κ3) is 3.79. The number of sulfonamides is 1. The fraction of sp³-hybridized carbons (Fsp3) is 0.647. The Bertz CT molecular complexity index is 742. The average Bonchev–Trinajstić information content (AvgIpc) is 2.96. The number of pyridine rings is 1. The van der Waals surface area contributed by atoms with Crippen LogP contribution in [0.1, 0.15) is 38.2 Å². The molecular formula is C17H25N3O4S. The van der Waals surface area contributed by atoms with E-state index < -0.39 is 10.0 Å². The molecule has 0 N–H and O–H groups in total. The lowest BCUT2D eigenvalue weighted by atomic mass is 9.90. The molecular weight excluding hydrogens is 342 g/mol. The highest BCUT2D eigenvalue weighted by Gasteiger charge is 2.37. The molecule has 8 heteroatoms. The van der Waals surface area contributed by atoms with E-state index in [1.54, 1.807) is 11.1 Å². The third-order valence-corrected chi connectivity index (χ3v) is 6.39. The van der Waals surface area contributed by atoms with Crippen LogP contribution < -0.4 is 4.90 Å². The zero-order valence-corrected chi connectivity index (χ0v) is 15.7. The minimum Gasteiger partial charge on any atom is -0.447 e. The molecule has 0 aliphatic carbocycles. The van der Waals surface area contributed by atoms with E-state index in [9.17, 15) is 13.2 Å². The molecule has 0 saturated carbocycles. The number of hydrogen-bond donors (Lipinski definition) is 0. The number of amides is 1. The molecule has 2 aliphatic rings. The van der Waals surface area contributed by atoms with Gasteiger partial charge in [-0.15, -0.1) is 0 Å². The highest BCUT2D eigenvalue weighted by molar-refractivity contribution is 7.88. The standard InChI is InChI=1S/C17H25N3O4S/c1-12(2)15-11-24-17(21)20(15)16-10-14(4-7-18-16)13-5-8-19(9-6-13)25(3,22)23/h4,7,10,12-13,15H,5-6,8-9,11H2,1-3H3/t15-/m1/s1. The fourth-order valence-corrected chi connectivity index (χ4v) is 4.40. The second-order valence-corrected chi connectivity index (χ2v) is 9.12. The highest BCUT2D eigenvalue weighted by atomic mass is 32.2. The molecule has 1 aromatic rings. The zero-order valence-electron chi connectivity index (χ0n) is 14.9. The van der Waals surface area contributed by atoms with Gasteiger partial charge in [-0.3, -0.25) is 4.90 Å². The Morgan fingerprint density at radius 3 is 2.56 bits per heavy atom. The van der Waals surface area contributed by atoms with Gasteiger partial charge in [0.15, 0.2) is 0 Å². The van der Waals surface area contributed by atoms with E-state index in [4.69, 9.17) is 4.74 Å². The Morgan fingerprint density at radius 2 is 1.96 bits per heavy atom. The van der Waals surface area contributed by atoms with E-state index in [0.717, 1.165) is 18.4 Å². The third-order valence-electron chi connectivity index (χ3n) is 5.09. The number of carbonyl (C=O) groups excluding carboxylic acids is 1. The molecule has 0 radical (unpaired) electrons. The van der Waals surface area contributed by atoms with Gasteiger partial charge in [0.2, 0.25) is 10.0 Å². The van der Waals surface area contributed by atoms with Gasteiger partial charge in [-0.05, 0) is 42.4 Å². The van der Waals surface area contributed by atoms with Crippen LogP contribution in [0.4, 0.5) is 10.6 Å². The predicted molar refractivity (Wildman–Crippen MR) is 95.1 cm³/mol. The van der Waals surface area contributed by atoms with Gasteiger partial charge in [-0.2, -0.15) is 0 Å². The normalized spacial score (nSPS) is 23.3. The van der Waals surface area contributed by atoms with E-state index in [-0.39, 0.29) is 24.0 Å². The molecule has 3 rings (SSSR count). The lowest BCUT2D eigenvalue weighted by Crippen LogP contribution is -2.38. The van der Waals surface area contributed by atoms with Crippen molar-refractivity contribution in [2.45, 2.75) is 38.6 Å². The summed E-state index contributed by atoms with van der Waals surface area (Å²) in [5.41, 5.74) is 1.10. The number of cyclic esters (lactones) is 1. The van der Waals surface area contributed by atoms with Crippen molar-refractivity contribution in [2.75, 3.05) is 30.9 Å². The van der Waals surface area contributed by atoms with Crippen LogP contribution in [-0.2, 0) is 14.8 Å². The molecule has 138 valence electrons. The van der Waals surface area contributed by atoms with E-state index in [1.807, 2.05) is 12.1 Å². The van der Waals surface area contributed by atoms with Crippen molar-refractivity contribution < 1.29 is 17.9 Å². The second-order valence-electron chi connectivity index (χ2n) is 7.14. The number of nitrogens with zero attached hydrogens (tertiary/aromatic N) is 3. The number of ether oxygens (including phenoxy) is 1. The van der Waals surface area contributed by atoms with E-state index in [2.05, 4.69) is 18.8 Å². The van der Waals surface area contributed by atoms with Crippen LogP contribution in [0.25, 0.3) is 0 Å². The quantitative estimate of drug-likeness (QED) is 0.815. The molecule has 1 amide bonds. The van der Waals surface area contributed by atoms with E-state index >= 15 is 0 Å². The molecule has 1 atom stereocenters. The van der Waals surface area contributed by atoms with Gasteiger partial charge >= 0.3 is 6.09 Å². The smallest absolute Gasteiger partial charge is 0.415 e. The highest BCUT2D eigenvalue weighted by Crippen LogP contribution is 2.32. The monoisotopic (exact) mass is 367 g/mol. The number of aromatic nitrogens is 1. The van der Waals surface area contributed by atoms with Crippen molar-refractivity contribution in [1.29, 1.82) is 0 Å². The zero-order chi connectivity index (χ0) is 18.2. The first-order valence-electron chi connectivity index (χ1n) is 8.64. The molecule has 2 saturated heterocycles. The number of piperidine rings is 1.